The molecule has 0 bridgehead atoms. The average Bonchev–Trinajstić information content (AvgIpc) is 2.64. The van der Waals surface area contributed by atoms with E-state index in [2.05, 4.69) is 10.6 Å². The topological polar surface area (TPSA) is 78.5 Å². The molecule has 3 amide bonds. The first-order valence-electron chi connectivity index (χ1n) is 6.96. The molecule has 20 heavy (non-hydrogen) atoms. The fourth-order valence-electron chi connectivity index (χ4n) is 1.96. The molecule has 0 unspecified atom stereocenters. The van der Waals surface area contributed by atoms with Crippen LogP contribution < -0.4 is 10.6 Å². The third kappa shape index (κ3) is 6.79. The molecule has 1 saturated heterocycles. The third-order valence-electron chi connectivity index (χ3n) is 3.12. The van der Waals surface area contributed by atoms with Gasteiger partial charge in [-0.05, 0) is 12.8 Å². The van der Waals surface area contributed by atoms with E-state index in [4.69, 9.17) is 0 Å². The van der Waals surface area contributed by atoms with E-state index in [9.17, 15) is 14.4 Å². The van der Waals surface area contributed by atoms with Crippen LogP contribution in [0.1, 0.15) is 25.7 Å². The van der Waals surface area contributed by atoms with Crippen LogP contribution in [0.4, 0.5) is 0 Å². The Balaban J connectivity index is 2.11. The van der Waals surface area contributed by atoms with Gasteiger partial charge in [0.25, 0.3) is 0 Å². The number of amides is 3. The van der Waals surface area contributed by atoms with E-state index in [-0.39, 0.29) is 29.2 Å². The molecule has 0 aliphatic carbocycles. The summed E-state index contributed by atoms with van der Waals surface area (Å²) in [5.74, 6) is 0.556. The fraction of sp³-hybridized carbons (Fsp3) is 0.769. The number of hydrogen-bond donors (Lipinski definition) is 2. The van der Waals surface area contributed by atoms with Crippen LogP contribution in [0.15, 0.2) is 0 Å². The normalized spacial score (nSPS) is 15.7. The Bertz CT molecular complexity index is 350. The van der Waals surface area contributed by atoms with Crippen LogP contribution in [0.2, 0.25) is 0 Å². The van der Waals surface area contributed by atoms with Crippen LogP contribution in [0.5, 0.6) is 0 Å². The molecule has 0 aromatic heterocycles. The third-order valence-corrected chi connectivity index (χ3v) is 4.05. The van der Waals surface area contributed by atoms with E-state index in [0.717, 1.165) is 25.8 Å². The predicted octanol–water partition coefficient (Wildman–Crippen LogP) is -0.0156. The first-order valence-corrected chi connectivity index (χ1v) is 8.11. The van der Waals surface area contributed by atoms with Gasteiger partial charge in [-0.15, -0.1) is 11.8 Å². The van der Waals surface area contributed by atoms with Gasteiger partial charge >= 0.3 is 0 Å². The molecule has 2 N–H and O–H groups in total. The van der Waals surface area contributed by atoms with Gasteiger partial charge in [0.15, 0.2) is 0 Å². The highest BCUT2D eigenvalue weighted by molar-refractivity contribution is 8.00. The quantitative estimate of drug-likeness (QED) is 0.693. The van der Waals surface area contributed by atoms with Gasteiger partial charge in [0.05, 0.1) is 11.5 Å². The van der Waals surface area contributed by atoms with Crippen molar-refractivity contribution in [3.63, 3.8) is 0 Å². The number of likely N-dealkylation sites (tertiary alicyclic amines) is 1. The molecule has 7 heteroatoms. The van der Waals surface area contributed by atoms with Crippen LogP contribution in [-0.4, -0.2) is 60.8 Å². The van der Waals surface area contributed by atoms with Crippen LogP contribution in [0.25, 0.3) is 0 Å². The van der Waals surface area contributed by atoms with Crippen molar-refractivity contribution < 1.29 is 14.4 Å². The number of hydrogen-bond acceptors (Lipinski definition) is 4. The minimum absolute atomic E-state index is 0.0852. The minimum Gasteiger partial charge on any atom is -0.358 e. The Morgan fingerprint density at radius 2 is 1.95 bits per heavy atom. The van der Waals surface area contributed by atoms with Gasteiger partial charge in [-0.2, -0.15) is 0 Å². The first-order chi connectivity index (χ1) is 9.63. The summed E-state index contributed by atoms with van der Waals surface area (Å²) in [7, 11) is 1.57. The van der Waals surface area contributed by atoms with Crippen molar-refractivity contribution in [2.75, 3.05) is 38.2 Å². The molecule has 0 atom stereocenters. The summed E-state index contributed by atoms with van der Waals surface area (Å²) in [5, 5.41) is 5.28. The van der Waals surface area contributed by atoms with Gasteiger partial charge in [-0.25, -0.2) is 0 Å². The highest BCUT2D eigenvalue weighted by Crippen LogP contribution is 2.10. The van der Waals surface area contributed by atoms with Crippen molar-refractivity contribution in [1.82, 2.24) is 15.5 Å². The zero-order valence-corrected chi connectivity index (χ0v) is 12.8. The van der Waals surface area contributed by atoms with Crippen molar-refractivity contribution in [3.05, 3.63) is 0 Å². The summed E-state index contributed by atoms with van der Waals surface area (Å²) >= 11 is 1.28. The average molecular weight is 301 g/mol. The maximum atomic E-state index is 11.7. The molecule has 0 saturated carbocycles. The lowest BCUT2D eigenvalue weighted by molar-refractivity contribution is -0.131. The molecule has 0 radical (unpaired) electrons. The summed E-state index contributed by atoms with van der Waals surface area (Å²) in [5.41, 5.74) is 0. The lowest BCUT2D eigenvalue weighted by Crippen LogP contribution is -2.38. The molecule has 1 rings (SSSR count). The highest BCUT2D eigenvalue weighted by atomic mass is 32.2. The molecule has 114 valence electrons. The van der Waals surface area contributed by atoms with E-state index < -0.39 is 0 Å². The summed E-state index contributed by atoms with van der Waals surface area (Å²) in [6, 6.07) is 0. The molecule has 1 aliphatic rings. The van der Waals surface area contributed by atoms with Gasteiger partial charge in [0.1, 0.15) is 0 Å². The van der Waals surface area contributed by atoms with Crippen molar-refractivity contribution in [1.29, 1.82) is 0 Å². The molecule has 0 aromatic rings. The number of carbonyl (C=O) groups excluding carboxylic acids is 3. The van der Waals surface area contributed by atoms with E-state index in [1.165, 1.54) is 11.8 Å². The van der Waals surface area contributed by atoms with Crippen molar-refractivity contribution >= 4 is 29.5 Å². The second-order valence-electron chi connectivity index (χ2n) is 4.71. The standard InChI is InChI=1S/C13H23N3O3S/c1-14-11(17)9-20-10-12(18)15-6-8-16-7-4-2-3-5-13(16)19/h2-10H2,1H3,(H,14,17)(H,15,18). The number of rotatable bonds is 7. The van der Waals surface area contributed by atoms with Crippen LogP contribution in [0, 0.1) is 0 Å². The second-order valence-corrected chi connectivity index (χ2v) is 5.69. The fourth-order valence-corrected chi connectivity index (χ4v) is 2.68. The zero-order valence-electron chi connectivity index (χ0n) is 11.9. The number of nitrogens with zero attached hydrogens (tertiary/aromatic N) is 1. The van der Waals surface area contributed by atoms with E-state index in [1.54, 1.807) is 7.05 Å². The summed E-state index contributed by atoms with van der Waals surface area (Å²) < 4.78 is 0. The van der Waals surface area contributed by atoms with Gasteiger partial charge in [0.2, 0.25) is 17.7 Å². The van der Waals surface area contributed by atoms with E-state index >= 15 is 0 Å². The molecular formula is C13H23N3O3S. The van der Waals surface area contributed by atoms with Gasteiger partial charge in [-0.3, -0.25) is 14.4 Å². The second kappa shape index (κ2) is 9.63. The van der Waals surface area contributed by atoms with Gasteiger partial charge < -0.3 is 15.5 Å². The van der Waals surface area contributed by atoms with E-state index in [1.807, 2.05) is 4.90 Å². The minimum atomic E-state index is -0.0961. The molecule has 0 aromatic carbocycles. The monoisotopic (exact) mass is 301 g/mol. The molecular weight excluding hydrogens is 278 g/mol. The number of thioether (sulfide) groups is 1. The van der Waals surface area contributed by atoms with Gasteiger partial charge in [0, 0.05) is 33.1 Å². The SMILES string of the molecule is CNC(=O)CSCC(=O)NCCN1CCCCCC1=O. The largest absolute Gasteiger partial charge is 0.358 e. The molecule has 1 fully saturated rings. The predicted molar refractivity (Wildman–Crippen MR) is 79.4 cm³/mol. The Kier molecular flexibility index (Phi) is 8.10. The number of carbonyl (C=O) groups is 3. The summed E-state index contributed by atoms with van der Waals surface area (Å²) in [6.07, 6.45) is 3.74. The maximum Gasteiger partial charge on any atom is 0.230 e. The molecule has 1 aliphatic heterocycles. The molecule has 0 spiro atoms. The molecule has 1 heterocycles. The lowest BCUT2D eigenvalue weighted by atomic mass is 10.2. The Hall–Kier alpha value is -1.24. The molecule has 6 nitrogen and oxygen atoms in total. The van der Waals surface area contributed by atoms with Crippen LogP contribution in [0.3, 0.4) is 0 Å². The maximum absolute atomic E-state index is 11.7. The summed E-state index contributed by atoms with van der Waals surface area (Å²) in [6.45, 7) is 1.84. The van der Waals surface area contributed by atoms with Crippen molar-refractivity contribution in [2.24, 2.45) is 0 Å². The van der Waals surface area contributed by atoms with E-state index in [0.29, 0.717) is 19.5 Å². The Morgan fingerprint density at radius 1 is 1.20 bits per heavy atom. The Morgan fingerprint density at radius 3 is 2.70 bits per heavy atom. The Labute approximate surface area is 124 Å². The number of nitrogens with one attached hydrogen (secondary N) is 2. The van der Waals surface area contributed by atoms with Crippen LogP contribution in [-0.2, 0) is 14.4 Å². The van der Waals surface area contributed by atoms with Crippen molar-refractivity contribution in [3.8, 4) is 0 Å². The van der Waals surface area contributed by atoms with Crippen LogP contribution >= 0.6 is 11.8 Å². The smallest absolute Gasteiger partial charge is 0.230 e. The lowest BCUT2D eigenvalue weighted by Gasteiger charge is -2.20. The first kappa shape index (κ1) is 16.8. The van der Waals surface area contributed by atoms with Gasteiger partial charge in [-0.1, -0.05) is 6.42 Å². The highest BCUT2D eigenvalue weighted by Gasteiger charge is 2.16. The van der Waals surface area contributed by atoms with Crippen molar-refractivity contribution in [2.45, 2.75) is 25.7 Å². The zero-order chi connectivity index (χ0) is 14.8. The summed E-state index contributed by atoms with van der Waals surface area (Å²) in [4.78, 5) is 36.1.